The molecule has 1 aliphatic heterocycles. The Morgan fingerprint density at radius 2 is 2.00 bits per heavy atom. The van der Waals surface area contributed by atoms with Gasteiger partial charge < -0.3 is 10.2 Å². The van der Waals surface area contributed by atoms with Crippen LogP contribution in [-0.4, -0.2) is 27.7 Å². The van der Waals surface area contributed by atoms with Crippen molar-refractivity contribution < 1.29 is 10.2 Å². The molecule has 98 valence electrons. The average Bonchev–Trinajstić information content (AvgIpc) is 2.28. The summed E-state index contributed by atoms with van der Waals surface area (Å²) in [6.45, 7) is 7.46. The summed E-state index contributed by atoms with van der Waals surface area (Å²) in [7, 11) is 0. The van der Waals surface area contributed by atoms with Crippen LogP contribution in [0.2, 0.25) is 0 Å². The summed E-state index contributed by atoms with van der Waals surface area (Å²) in [6.07, 6.45) is 3.28. The van der Waals surface area contributed by atoms with E-state index < -0.39 is 0 Å². The van der Waals surface area contributed by atoms with Gasteiger partial charge in [0.1, 0.15) is 11.5 Å². The lowest BCUT2D eigenvalue weighted by Gasteiger charge is -2.37. The highest BCUT2D eigenvalue weighted by atomic mass is 16.3. The van der Waals surface area contributed by atoms with Gasteiger partial charge in [0.2, 0.25) is 0 Å². The number of nitrogens with zero attached hydrogens (tertiary/aromatic N) is 1. The second-order valence-electron chi connectivity index (χ2n) is 5.28. The molecule has 1 unspecified atom stereocenters. The normalized spacial score (nSPS) is 21.1. The summed E-state index contributed by atoms with van der Waals surface area (Å²) in [6, 6.07) is 5.36. The molecule has 0 bridgehead atoms. The zero-order chi connectivity index (χ0) is 13.3. The van der Waals surface area contributed by atoms with Crippen molar-refractivity contribution in [2.75, 3.05) is 6.54 Å². The first-order valence-corrected chi connectivity index (χ1v) is 6.44. The van der Waals surface area contributed by atoms with Gasteiger partial charge in [0.15, 0.2) is 0 Å². The van der Waals surface area contributed by atoms with Crippen LogP contribution in [0.15, 0.2) is 29.8 Å². The van der Waals surface area contributed by atoms with Gasteiger partial charge in [-0.15, -0.1) is 0 Å². The van der Waals surface area contributed by atoms with Crippen molar-refractivity contribution in [3.05, 3.63) is 35.4 Å². The first-order valence-electron chi connectivity index (χ1n) is 6.44. The molecule has 0 fully saturated rings. The van der Waals surface area contributed by atoms with Gasteiger partial charge in [-0.3, -0.25) is 4.90 Å². The Kier molecular flexibility index (Phi) is 3.62. The Hall–Kier alpha value is -1.48. The molecule has 0 saturated carbocycles. The molecular weight excluding hydrogens is 226 g/mol. The number of benzene rings is 1. The molecular formula is C15H21NO2. The average molecular weight is 247 g/mol. The van der Waals surface area contributed by atoms with Crippen LogP contribution in [-0.2, 0) is 0 Å². The molecule has 0 amide bonds. The zero-order valence-electron chi connectivity index (χ0n) is 11.2. The zero-order valence-corrected chi connectivity index (χ0v) is 11.2. The molecule has 0 saturated heterocycles. The standard InChI is InChI=1S/C15H21NO2/c1-10(2)16-7-6-11(3)8-14(16)13-5-4-12(17)9-15(13)18/h4-5,8-10,14,17-18H,6-7H2,1-3H3. The summed E-state index contributed by atoms with van der Waals surface area (Å²) in [4.78, 5) is 2.36. The van der Waals surface area contributed by atoms with Gasteiger partial charge >= 0.3 is 0 Å². The van der Waals surface area contributed by atoms with Crippen molar-refractivity contribution in [2.24, 2.45) is 0 Å². The third-order valence-corrected chi connectivity index (χ3v) is 3.56. The van der Waals surface area contributed by atoms with E-state index in [1.807, 2.05) is 0 Å². The van der Waals surface area contributed by atoms with Gasteiger partial charge in [-0.2, -0.15) is 0 Å². The number of hydrogen-bond donors (Lipinski definition) is 2. The fourth-order valence-electron chi connectivity index (χ4n) is 2.52. The van der Waals surface area contributed by atoms with Crippen LogP contribution in [0, 0.1) is 0 Å². The predicted molar refractivity (Wildman–Crippen MR) is 72.7 cm³/mol. The molecule has 0 radical (unpaired) electrons. The molecule has 0 spiro atoms. The van der Waals surface area contributed by atoms with Crippen LogP contribution < -0.4 is 0 Å². The highest BCUT2D eigenvalue weighted by molar-refractivity contribution is 5.43. The van der Waals surface area contributed by atoms with Crippen LogP contribution >= 0.6 is 0 Å². The lowest BCUT2D eigenvalue weighted by atomic mass is 9.95. The third-order valence-electron chi connectivity index (χ3n) is 3.56. The fourth-order valence-corrected chi connectivity index (χ4v) is 2.52. The first kappa shape index (κ1) is 13.0. The molecule has 3 heteroatoms. The lowest BCUT2D eigenvalue weighted by Crippen LogP contribution is -2.37. The van der Waals surface area contributed by atoms with Crippen molar-refractivity contribution in [1.29, 1.82) is 0 Å². The van der Waals surface area contributed by atoms with Crippen molar-refractivity contribution in [2.45, 2.75) is 39.3 Å². The second-order valence-corrected chi connectivity index (χ2v) is 5.28. The van der Waals surface area contributed by atoms with E-state index in [1.165, 1.54) is 11.6 Å². The molecule has 1 atom stereocenters. The van der Waals surface area contributed by atoms with Crippen LogP contribution in [0.5, 0.6) is 11.5 Å². The number of rotatable bonds is 2. The summed E-state index contributed by atoms with van der Waals surface area (Å²) in [5.74, 6) is 0.264. The number of phenols is 2. The van der Waals surface area contributed by atoms with Gasteiger partial charge in [-0.1, -0.05) is 11.6 Å². The molecule has 0 aromatic heterocycles. The van der Waals surface area contributed by atoms with E-state index in [2.05, 4.69) is 31.7 Å². The highest BCUT2D eigenvalue weighted by Gasteiger charge is 2.26. The van der Waals surface area contributed by atoms with E-state index in [-0.39, 0.29) is 17.5 Å². The van der Waals surface area contributed by atoms with Gasteiger partial charge in [0.25, 0.3) is 0 Å². The number of aromatic hydroxyl groups is 2. The maximum Gasteiger partial charge on any atom is 0.124 e. The Labute approximate surface area is 108 Å². The van der Waals surface area contributed by atoms with Gasteiger partial charge in [0.05, 0.1) is 6.04 Å². The molecule has 2 N–H and O–H groups in total. The summed E-state index contributed by atoms with van der Waals surface area (Å²) in [5.41, 5.74) is 2.21. The molecule has 0 aliphatic carbocycles. The van der Waals surface area contributed by atoms with Crippen LogP contribution in [0.3, 0.4) is 0 Å². The summed E-state index contributed by atoms with van der Waals surface area (Å²) >= 11 is 0. The SMILES string of the molecule is CC1=CC(c2ccc(O)cc2O)N(C(C)C)CC1. The molecule has 2 rings (SSSR count). The lowest BCUT2D eigenvalue weighted by molar-refractivity contribution is 0.172. The van der Waals surface area contributed by atoms with E-state index in [9.17, 15) is 10.2 Å². The first-order chi connectivity index (χ1) is 8.49. The van der Waals surface area contributed by atoms with E-state index >= 15 is 0 Å². The van der Waals surface area contributed by atoms with Crippen LogP contribution in [0.25, 0.3) is 0 Å². The van der Waals surface area contributed by atoms with Gasteiger partial charge in [0, 0.05) is 24.2 Å². The van der Waals surface area contributed by atoms with Crippen molar-refractivity contribution in [1.82, 2.24) is 4.90 Å². The molecule has 1 aromatic rings. The second kappa shape index (κ2) is 5.02. The molecule has 1 aromatic carbocycles. The topological polar surface area (TPSA) is 43.7 Å². The summed E-state index contributed by atoms with van der Waals surface area (Å²) in [5, 5.41) is 19.4. The minimum Gasteiger partial charge on any atom is -0.508 e. The number of hydrogen-bond acceptors (Lipinski definition) is 3. The number of phenolic OH excluding ortho intramolecular Hbond substituents is 2. The van der Waals surface area contributed by atoms with Crippen molar-refractivity contribution in [3.8, 4) is 11.5 Å². The fraction of sp³-hybridized carbons (Fsp3) is 0.467. The Balaban J connectivity index is 2.41. The van der Waals surface area contributed by atoms with Crippen molar-refractivity contribution in [3.63, 3.8) is 0 Å². The minimum atomic E-state index is 0.0966. The van der Waals surface area contributed by atoms with Crippen LogP contribution in [0.1, 0.15) is 38.8 Å². The maximum absolute atomic E-state index is 10.0. The van der Waals surface area contributed by atoms with Crippen molar-refractivity contribution >= 4 is 0 Å². The van der Waals surface area contributed by atoms with Crippen LogP contribution in [0.4, 0.5) is 0 Å². The Morgan fingerprint density at radius 3 is 2.61 bits per heavy atom. The Bertz CT molecular complexity index is 466. The summed E-state index contributed by atoms with van der Waals surface area (Å²) < 4.78 is 0. The quantitative estimate of drug-likeness (QED) is 0.789. The Morgan fingerprint density at radius 1 is 1.28 bits per heavy atom. The molecule has 1 aliphatic rings. The highest BCUT2D eigenvalue weighted by Crippen LogP contribution is 2.36. The molecule has 18 heavy (non-hydrogen) atoms. The molecule has 1 heterocycles. The van der Waals surface area contributed by atoms with E-state index in [0.717, 1.165) is 18.5 Å². The van der Waals surface area contributed by atoms with E-state index in [4.69, 9.17) is 0 Å². The van der Waals surface area contributed by atoms with E-state index in [0.29, 0.717) is 6.04 Å². The largest absolute Gasteiger partial charge is 0.508 e. The molecule has 3 nitrogen and oxygen atoms in total. The third kappa shape index (κ3) is 2.51. The predicted octanol–water partition coefficient (Wildman–Crippen LogP) is 3.20. The maximum atomic E-state index is 10.0. The smallest absolute Gasteiger partial charge is 0.124 e. The van der Waals surface area contributed by atoms with Gasteiger partial charge in [-0.05, 0) is 39.3 Å². The van der Waals surface area contributed by atoms with Gasteiger partial charge in [-0.25, -0.2) is 0 Å². The van der Waals surface area contributed by atoms with E-state index in [1.54, 1.807) is 12.1 Å². The minimum absolute atomic E-state index is 0.0966. The monoisotopic (exact) mass is 247 g/mol.